The Labute approximate surface area is 143 Å². The maximum absolute atomic E-state index is 10.9. The van der Waals surface area contributed by atoms with Crippen molar-refractivity contribution in [2.45, 2.75) is 13.1 Å². The lowest BCUT2D eigenvalue weighted by atomic mass is 10.1. The number of nitro groups is 1. The Balaban J connectivity index is 1.84. The molecule has 0 bridgehead atoms. The maximum atomic E-state index is 10.9. The van der Waals surface area contributed by atoms with E-state index in [1.807, 2.05) is 23.1 Å². The van der Waals surface area contributed by atoms with Gasteiger partial charge in [-0.25, -0.2) is 4.98 Å². The Hall–Kier alpha value is -2.86. The van der Waals surface area contributed by atoms with Crippen molar-refractivity contribution in [1.82, 2.24) is 4.98 Å². The molecule has 0 fully saturated rings. The second-order valence-corrected chi connectivity index (χ2v) is 5.64. The maximum Gasteiger partial charge on any atom is 0.269 e. The molecule has 0 saturated heterocycles. The Kier molecular flexibility index (Phi) is 4.77. The lowest BCUT2D eigenvalue weighted by molar-refractivity contribution is -0.384. The van der Waals surface area contributed by atoms with Crippen LogP contribution in [0.4, 0.5) is 11.4 Å². The standard InChI is InChI=1S/C17H14ClN3O3/c18-17-5-4-14(9-19-17)11-20(16-6-7-24-12-16)10-13-2-1-3-15(8-13)21(22)23/h1-9,12H,10-11H2. The quantitative estimate of drug-likeness (QED) is 0.376. The number of benzene rings is 1. The Morgan fingerprint density at radius 2 is 2.00 bits per heavy atom. The van der Waals surface area contributed by atoms with Gasteiger partial charge in [-0.3, -0.25) is 10.1 Å². The van der Waals surface area contributed by atoms with Gasteiger partial charge in [0.25, 0.3) is 5.69 Å². The monoisotopic (exact) mass is 343 g/mol. The summed E-state index contributed by atoms with van der Waals surface area (Å²) in [7, 11) is 0. The van der Waals surface area contributed by atoms with Crippen LogP contribution in [0, 0.1) is 10.1 Å². The van der Waals surface area contributed by atoms with E-state index < -0.39 is 4.92 Å². The van der Waals surface area contributed by atoms with Crippen molar-refractivity contribution >= 4 is 23.0 Å². The number of halogens is 1. The van der Waals surface area contributed by atoms with Crippen molar-refractivity contribution in [2.24, 2.45) is 0 Å². The Morgan fingerprint density at radius 3 is 2.67 bits per heavy atom. The Bertz CT molecular complexity index is 819. The first kappa shape index (κ1) is 16.0. The van der Waals surface area contributed by atoms with E-state index in [9.17, 15) is 10.1 Å². The smallest absolute Gasteiger partial charge is 0.269 e. The molecule has 0 atom stereocenters. The van der Waals surface area contributed by atoms with E-state index in [1.54, 1.807) is 36.9 Å². The van der Waals surface area contributed by atoms with Gasteiger partial charge in [0.2, 0.25) is 0 Å². The molecule has 3 rings (SSSR count). The molecule has 0 spiro atoms. The molecule has 0 amide bonds. The molecule has 24 heavy (non-hydrogen) atoms. The van der Waals surface area contributed by atoms with Gasteiger partial charge in [0.1, 0.15) is 11.4 Å². The van der Waals surface area contributed by atoms with E-state index in [1.165, 1.54) is 6.07 Å². The first-order valence-electron chi connectivity index (χ1n) is 7.23. The number of nitrogens with zero attached hydrogens (tertiary/aromatic N) is 3. The number of non-ortho nitro benzene ring substituents is 1. The fourth-order valence-electron chi connectivity index (χ4n) is 2.38. The SMILES string of the molecule is O=[N+]([O-])c1cccc(CN(Cc2ccc(Cl)nc2)c2ccoc2)c1. The predicted octanol–water partition coefficient (Wildman–Crippen LogP) is 4.44. The summed E-state index contributed by atoms with van der Waals surface area (Å²) < 4.78 is 5.17. The summed E-state index contributed by atoms with van der Waals surface area (Å²) in [5.74, 6) is 0. The number of aromatic nitrogens is 1. The van der Waals surface area contributed by atoms with Gasteiger partial charge in [-0.2, -0.15) is 0 Å². The van der Waals surface area contributed by atoms with Gasteiger partial charge in [-0.05, 0) is 23.3 Å². The number of pyridine rings is 1. The summed E-state index contributed by atoms with van der Waals surface area (Å²) in [6, 6.07) is 12.1. The molecule has 0 aliphatic carbocycles. The molecule has 122 valence electrons. The molecule has 0 aliphatic rings. The average molecular weight is 344 g/mol. The van der Waals surface area contributed by atoms with E-state index in [2.05, 4.69) is 4.98 Å². The van der Waals surface area contributed by atoms with Gasteiger partial charge >= 0.3 is 0 Å². The molecule has 7 heteroatoms. The van der Waals surface area contributed by atoms with Crippen molar-refractivity contribution in [3.8, 4) is 0 Å². The van der Waals surface area contributed by atoms with Gasteiger partial charge in [-0.15, -0.1) is 0 Å². The third-order valence-corrected chi connectivity index (χ3v) is 3.75. The van der Waals surface area contributed by atoms with Crippen LogP contribution in [0.15, 0.2) is 65.6 Å². The number of hydrogen-bond acceptors (Lipinski definition) is 5. The highest BCUT2D eigenvalue weighted by molar-refractivity contribution is 6.29. The molecule has 2 aromatic heterocycles. The van der Waals surface area contributed by atoms with Crippen molar-refractivity contribution in [3.05, 3.63) is 87.6 Å². The second-order valence-electron chi connectivity index (χ2n) is 5.25. The minimum Gasteiger partial charge on any atom is -0.470 e. The largest absolute Gasteiger partial charge is 0.470 e. The third kappa shape index (κ3) is 3.91. The highest BCUT2D eigenvalue weighted by atomic mass is 35.5. The van der Waals surface area contributed by atoms with Gasteiger partial charge < -0.3 is 9.32 Å². The van der Waals surface area contributed by atoms with E-state index in [0.717, 1.165) is 16.8 Å². The van der Waals surface area contributed by atoms with Crippen LogP contribution in [-0.2, 0) is 13.1 Å². The number of hydrogen-bond donors (Lipinski definition) is 0. The summed E-state index contributed by atoms with van der Waals surface area (Å²) in [6.07, 6.45) is 4.94. The van der Waals surface area contributed by atoms with Crippen LogP contribution in [0.2, 0.25) is 5.15 Å². The van der Waals surface area contributed by atoms with Crippen molar-refractivity contribution in [3.63, 3.8) is 0 Å². The summed E-state index contributed by atoms with van der Waals surface area (Å²) in [6.45, 7) is 1.08. The van der Waals surface area contributed by atoms with E-state index >= 15 is 0 Å². The topological polar surface area (TPSA) is 72.4 Å². The lowest BCUT2D eigenvalue weighted by Crippen LogP contribution is -2.21. The highest BCUT2D eigenvalue weighted by Gasteiger charge is 2.12. The van der Waals surface area contributed by atoms with Crippen LogP contribution in [-0.4, -0.2) is 9.91 Å². The molecule has 1 aromatic carbocycles. The van der Waals surface area contributed by atoms with E-state index in [0.29, 0.717) is 18.2 Å². The molecular weight excluding hydrogens is 330 g/mol. The van der Waals surface area contributed by atoms with Crippen molar-refractivity contribution in [1.29, 1.82) is 0 Å². The van der Waals surface area contributed by atoms with Crippen LogP contribution < -0.4 is 4.90 Å². The zero-order chi connectivity index (χ0) is 16.9. The van der Waals surface area contributed by atoms with Crippen molar-refractivity contribution < 1.29 is 9.34 Å². The normalized spacial score (nSPS) is 10.5. The lowest BCUT2D eigenvalue weighted by Gasteiger charge is -2.23. The van der Waals surface area contributed by atoms with Crippen LogP contribution in [0.5, 0.6) is 0 Å². The molecular formula is C17H14ClN3O3. The van der Waals surface area contributed by atoms with Crippen molar-refractivity contribution in [2.75, 3.05) is 4.90 Å². The fraction of sp³-hybridized carbons (Fsp3) is 0.118. The van der Waals surface area contributed by atoms with Crippen LogP contribution in [0.1, 0.15) is 11.1 Å². The van der Waals surface area contributed by atoms with E-state index in [4.69, 9.17) is 16.0 Å². The van der Waals surface area contributed by atoms with Gasteiger partial charge in [-0.1, -0.05) is 29.8 Å². The average Bonchev–Trinajstić information content (AvgIpc) is 3.11. The zero-order valence-electron chi connectivity index (χ0n) is 12.6. The molecule has 3 aromatic rings. The second kappa shape index (κ2) is 7.14. The van der Waals surface area contributed by atoms with Crippen LogP contribution in [0.3, 0.4) is 0 Å². The minimum absolute atomic E-state index is 0.0767. The summed E-state index contributed by atoms with van der Waals surface area (Å²) >= 11 is 5.82. The van der Waals surface area contributed by atoms with Crippen LogP contribution in [0.25, 0.3) is 0 Å². The first-order chi connectivity index (χ1) is 11.6. The number of nitro benzene ring substituents is 1. The molecule has 6 nitrogen and oxygen atoms in total. The molecule has 0 aliphatic heterocycles. The predicted molar refractivity (Wildman–Crippen MR) is 90.9 cm³/mol. The molecule has 0 radical (unpaired) electrons. The number of furan rings is 1. The Morgan fingerprint density at radius 1 is 1.17 bits per heavy atom. The van der Waals surface area contributed by atoms with Gasteiger partial charge in [0.15, 0.2) is 0 Å². The summed E-state index contributed by atoms with van der Waals surface area (Å²) in [5.41, 5.74) is 2.78. The zero-order valence-corrected chi connectivity index (χ0v) is 13.4. The summed E-state index contributed by atoms with van der Waals surface area (Å²) in [4.78, 5) is 16.7. The number of anilines is 1. The minimum atomic E-state index is -0.394. The fourth-order valence-corrected chi connectivity index (χ4v) is 2.50. The molecule has 0 N–H and O–H groups in total. The molecule has 0 saturated carbocycles. The van der Waals surface area contributed by atoms with Gasteiger partial charge in [0, 0.05) is 31.4 Å². The highest BCUT2D eigenvalue weighted by Crippen LogP contribution is 2.22. The number of rotatable bonds is 6. The third-order valence-electron chi connectivity index (χ3n) is 3.53. The van der Waals surface area contributed by atoms with Gasteiger partial charge in [0.05, 0.1) is 16.9 Å². The van der Waals surface area contributed by atoms with Crippen LogP contribution >= 0.6 is 11.6 Å². The molecule has 2 heterocycles. The van der Waals surface area contributed by atoms with E-state index in [-0.39, 0.29) is 5.69 Å². The first-order valence-corrected chi connectivity index (χ1v) is 7.60. The molecule has 0 unspecified atom stereocenters. The summed E-state index contributed by atoms with van der Waals surface area (Å²) in [5, 5.41) is 11.4.